The minimum absolute atomic E-state index is 0.140. The second kappa shape index (κ2) is 9.85. The first-order chi connectivity index (χ1) is 10.2. The highest BCUT2D eigenvalue weighted by Gasteiger charge is 2.08. The van der Waals surface area contributed by atoms with Crippen molar-refractivity contribution in [1.29, 1.82) is 10.5 Å². The molecule has 0 N–H and O–H groups in total. The van der Waals surface area contributed by atoms with Crippen LogP contribution in [0.4, 0.5) is 0 Å². The third-order valence-electron chi connectivity index (χ3n) is 2.85. The fourth-order valence-corrected chi connectivity index (χ4v) is 2.87. The van der Waals surface area contributed by atoms with E-state index in [0.29, 0.717) is 24.2 Å². The molecule has 0 saturated carbocycles. The number of benzene rings is 1. The Bertz CT molecular complexity index is 558. The Morgan fingerprint density at radius 2 is 2.05 bits per heavy atom. The van der Waals surface area contributed by atoms with Crippen molar-refractivity contribution in [2.45, 2.75) is 37.5 Å². The van der Waals surface area contributed by atoms with Gasteiger partial charge < -0.3 is 4.74 Å². The maximum atomic E-state index is 11.2. The monoisotopic (exact) mass is 302 g/mol. The van der Waals surface area contributed by atoms with Crippen LogP contribution < -0.4 is 0 Å². The average Bonchev–Trinajstić information content (AvgIpc) is 2.50. The molecule has 0 aliphatic rings. The molecule has 21 heavy (non-hydrogen) atoms. The summed E-state index contributed by atoms with van der Waals surface area (Å²) in [5.41, 5.74) is 0.876. The molecule has 110 valence electrons. The van der Waals surface area contributed by atoms with Gasteiger partial charge in [0, 0.05) is 11.3 Å². The highest BCUT2D eigenvalue weighted by Crippen LogP contribution is 2.25. The molecule has 4 nitrogen and oxygen atoms in total. The second-order valence-corrected chi connectivity index (χ2v) is 5.50. The number of carbonyl (C=O) groups excluding carboxylic acids is 1. The van der Waals surface area contributed by atoms with Gasteiger partial charge in [0.05, 0.1) is 17.7 Å². The molecule has 0 heterocycles. The minimum Gasteiger partial charge on any atom is -0.466 e. The van der Waals surface area contributed by atoms with Crippen LogP contribution in [0.3, 0.4) is 0 Å². The van der Waals surface area contributed by atoms with Crippen LogP contribution in [0.15, 0.2) is 23.1 Å². The van der Waals surface area contributed by atoms with Gasteiger partial charge in [-0.25, -0.2) is 0 Å². The van der Waals surface area contributed by atoms with E-state index in [4.69, 9.17) is 15.3 Å². The van der Waals surface area contributed by atoms with Crippen molar-refractivity contribution in [3.05, 3.63) is 29.3 Å². The Labute approximate surface area is 129 Å². The number of esters is 1. The zero-order valence-corrected chi connectivity index (χ0v) is 12.9. The Morgan fingerprint density at radius 1 is 1.24 bits per heavy atom. The first kappa shape index (κ1) is 17.1. The van der Waals surface area contributed by atoms with Crippen LogP contribution >= 0.6 is 11.8 Å². The van der Waals surface area contributed by atoms with Gasteiger partial charge in [-0.3, -0.25) is 4.79 Å². The molecule has 0 aromatic heterocycles. The maximum Gasteiger partial charge on any atom is 0.305 e. The van der Waals surface area contributed by atoms with E-state index in [-0.39, 0.29) is 5.97 Å². The Kier molecular flexibility index (Phi) is 8.01. The molecule has 0 amide bonds. The summed E-state index contributed by atoms with van der Waals surface area (Å²) < 4.78 is 4.86. The first-order valence-electron chi connectivity index (χ1n) is 6.94. The van der Waals surface area contributed by atoms with Crippen LogP contribution in [-0.2, 0) is 9.53 Å². The van der Waals surface area contributed by atoms with Crippen molar-refractivity contribution < 1.29 is 9.53 Å². The van der Waals surface area contributed by atoms with E-state index in [1.807, 2.05) is 12.1 Å². The molecular weight excluding hydrogens is 284 g/mol. The number of unbranched alkanes of at least 4 members (excludes halogenated alkanes) is 2. The summed E-state index contributed by atoms with van der Waals surface area (Å²) in [5.74, 6) is 0.727. The Balaban J connectivity index is 2.33. The summed E-state index contributed by atoms with van der Waals surface area (Å²) in [6, 6.07) is 9.44. The summed E-state index contributed by atoms with van der Waals surface area (Å²) >= 11 is 1.58. The number of nitriles is 2. The van der Waals surface area contributed by atoms with Crippen molar-refractivity contribution in [3.8, 4) is 12.1 Å². The molecule has 1 aromatic carbocycles. The lowest BCUT2D eigenvalue weighted by molar-refractivity contribution is -0.143. The zero-order valence-electron chi connectivity index (χ0n) is 12.1. The molecule has 0 atom stereocenters. The highest BCUT2D eigenvalue weighted by molar-refractivity contribution is 7.99. The zero-order chi connectivity index (χ0) is 15.5. The van der Waals surface area contributed by atoms with E-state index in [0.717, 1.165) is 29.9 Å². The van der Waals surface area contributed by atoms with E-state index in [2.05, 4.69) is 6.07 Å². The molecule has 0 radical (unpaired) electrons. The van der Waals surface area contributed by atoms with Crippen LogP contribution in [0.5, 0.6) is 0 Å². The van der Waals surface area contributed by atoms with Crippen molar-refractivity contribution >= 4 is 17.7 Å². The quantitative estimate of drug-likeness (QED) is 0.416. The van der Waals surface area contributed by atoms with Gasteiger partial charge >= 0.3 is 5.97 Å². The Morgan fingerprint density at radius 3 is 2.71 bits per heavy atom. The predicted molar refractivity (Wildman–Crippen MR) is 81.7 cm³/mol. The van der Waals surface area contributed by atoms with Crippen LogP contribution in [0.25, 0.3) is 0 Å². The number of carbonyl (C=O) groups is 1. The summed E-state index contributed by atoms with van der Waals surface area (Å²) in [5, 5.41) is 18.1. The predicted octanol–water partition coefficient (Wildman–Crippen LogP) is 3.65. The maximum absolute atomic E-state index is 11.2. The van der Waals surface area contributed by atoms with Gasteiger partial charge in [-0.2, -0.15) is 10.5 Å². The van der Waals surface area contributed by atoms with Gasteiger partial charge in [0.25, 0.3) is 0 Å². The van der Waals surface area contributed by atoms with E-state index >= 15 is 0 Å². The highest BCUT2D eigenvalue weighted by atomic mass is 32.2. The molecule has 5 heteroatoms. The molecular formula is C16H18N2O2S. The van der Waals surface area contributed by atoms with Gasteiger partial charge in [-0.15, -0.1) is 11.8 Å². The number of nitrogens with zero attached hydrogens (tertiary/aromatic N) is 2. The largest absolute Gasteiger partial charge is 0.466 e. The summed E-state index contributed by atoms with van der Waals surface area (Å²) in [6.07, 6.45) is 3.20. The minimum atomic E-state index is -0.140. The van der Waals surface area contributed by atoms with Gasteiger partial charge in [-0.05, 0) is 37.7 Å². The fourth-order valence-electron chi connectivity index (χ4n) is 1.82. The summed E-state index contributed by atoms with van der Waals surface area (Å²) in [4.78, 5) is 12.0. The lowest BCUT2D eigenvalue weighted by atomic mass is 10.1. The lowest BCUT2D eigenvalue weighted by Crippen LogP contribution is -2.03. The second-order valence-electron chi connectivity index (χ2n) is 4.37. The molecule has 0 spiro atoms. The molecule has 1 aromatic rings. The van der Waals surface area contributed by atoms with Crippen molar-refractivity contribution in [3.63, 3.8) is 0 Å². The van der Waals surface area contributed by atoms with Gasteiger partial charge in [0.2, 0.25) is 0 Å². The van der Waals surface area contributed by atoms with E-state index in [1.165, 1.54) is 0 Å². The number of hydrogen-bond acceptors (Lipinski definition) is 5. The molecule has 0 bridgehead atoms. The number of hydrogen-bond donors (Lipinski definition) is 0. The molecule has 0 saturated heterocycles. The molecule has 0 aliphatic carbocycles. The number of ether oxygens (including phenoxy) is 1. The van der Waals surface area contributed by atoms with E-state index in [9.17, 15) is 4.79 Å². The van der Waals surface area contributed by atoms with Crippen LogP contribution in [0.2, 0.25) is 0 Å². The van der Waals surface area contributed by atoms with Crippen molar-refractivity contribution in [1.82, 2.24) is 0 Å². The van der Waals surface area contributed by atoms with Crippen LogP contribution in [0, 0.1) is 22.7 Å². The molecule has 0 aliphatic heterocycles. The van der Waals surface area contributed by atoms with E-state index in [1.54, 1.807) is 30.8 Å². The Hall–Kier alpha value is -1.98. The number of thioether (sulfide) groups is 1. The molecule has 1 rings (SSSR count). The van der Waals surface area contributed by atoms with Gasteiger partial charge in [0.15, 0.2) is 0 Å². The van der Waals surface area contributed by atoms with Gasteiger partial charge in [-0.1, -0.05) is 12.5 Å². The average molecular weight is 302 g/mol. The SMILES string of the molecule is CCOC(=O)CCCCCSc1cccc(C#N)c1C#N. The standard InChI is InChI=1S/C16H18N2O2S/c1-2-20-16(19)9-4-3-5-10-21-15-8-6-7-13(11-17)14(15)12-18/h6-8H,2-5,9-10H2,1H3. The lowest BCUT2D eigenvalue weighted by Gasteiger charge is -2.05. The smallest absolute Gasteiger partial charge is 0.305 e. The normalized spacial score (nSPS) is 9.67. The molecule has 0 unspecified atom stereocenters. The topological polar surface area (TPSA) is 73.9 Å². The number of rotatable bonds is 8. The first-order valence-corrected chi connectivity index (χ1v) is 7.93. The van der Waals surface area contributed by atoms with Crippen molar-refractivity contribution in [2.75, 3.05) is 12.4 Å². The van der Waals surface area contributed by atoms with Crippen LogP contribution in [0.1, 0.15) is 43.7 Å². The third-order valence-corrected chi connectivity index (χ3v) is 3.99. The third kappa shape index (κ3) is 5.89. The van der Waals surface area contributed by atoms with Crippen LogP contribution in [-0.4, -0.2) is 18.3 Å². The molecule has 0 fully saturated rings. The van der Waals surface area contributed by atoms with Crippen molar-refractivity contribution in [2.24, 2.45) is 0 Å². The fraction of sp³-hybridized carbons (Fsp3) is 0.438. The van der Waals surface area contributed by atoms with Gasteiger partial charge in [0.1, 0.15) is 12.1 Å². The van der Waals surface area contributed by atoms with E-state index < -0.39 is 0 Å². The summed E-state index contributed by atoms with van der Waals surface area (Å²) in [6.45, 7) is 2.23. The summed E-state index contributed by atoms with van der Waals surface area (Å²) in [7, 11) is 0.